The number of likely N-dealkylation sites (tertiary alicyclic amines) is 1. The molecule has 1 fully saturated rings. The van der Waals surface area contributed by atoms with Crippen LogP contribution in [0.5, 0.6) is 0 Å². The van der Waals surface area contributed by atoms with E-state index in [0.29, 0.717) is 23.7 Å². The van der Waals surface area contributed by atoms with E-state index in [-0.39, 0.29) is 12.4 Å². The maximum Gasteiger partial charge on any atom is 0.129 e. The Morgan fingerprint density at radius 2 is 2.32 bits per heavy atom. The second-order valence-electron chi connectivity index (χ2n) is 5.05. The topological polar surface area (TPSA) is 47.3 Å². The Kier molecular flexibility index (Phi) is 4.89. The van der Waals surface area contributed by atoms with E-state index < -0.39 is 0 Å². The van der Waals surface area contributed by atoms with Crippen molar-refractivity contribution in [3.05, 3.63) is 35.1 Å². The first kappa shape index (κ1) is 14.0. The van der Waals surface area contributed by atoms with E-state index in [0.717, 1.165) is 32.2 Å². The molecule has 0 amide bonds. The van der Waals surface area contributed by atoms with Crippen LogP contribution in [0, 0.1) is 17.1 Å². The first-order valence-electron chi connectivity index (χ1n) is 6.78. The predicted molar refractivity (Wildman–Crippen MR) is 70.9 cm³/mol. The minimum atomic E-state index is -0.299. The maximum atomic E-state index is 13.9. The van der Waals surface area contributed by atoms with Crippen LogP contribution in [-0.2, 0) is 6.54 Å². The van der Waals surface area contributed by atoms with Crippen molar-refractivity contribution in [2.75, 3.05) is 13.2 Å². The van der Waals surface area contributed by atoms with E-state index in [9.17, 15) is 4.39 Å². The van der Waals surface area contributed by atoms with Gasteiger partial charge in [-0.3, -0.25) is 4.90 Å². The average molecular weight is 262 g/mol. The summed E-state index contributed by atoms with van der Waals surface area (Å²) < 4.78 is 13.9. The Morgan fingerprint density at radius 3 is 3.00 bits per heavy atom. The molecule has 1 unspecified atom stereocenters. The van der Waals surface area contributed by atoms with E-state index in [2.05, 4.69) is 4.90 Å². The molecule has 0 saturated carbocycles. The molecule has 1 aliphatic rings. The van der Waals surface area contributed by atoms with E-state index in [1.807, 2.05) is 6.07 Å². The van der Waals surface area contributed by atoms with Crippen LogP contribution >= 0.6 is 0 Å². The van der Waals surface area contributed by atoms with Gasteiger partial charge in [-0.1, -0.05) is 6.07 Å². The highest BCUT2D eigenvalue weighted by Crippen LogP contribution is 2.24. The number of rotatable bonds is 5. The van der Waals surface area contributed by atoms with Crippen LogP contribution in [-0.4, -0.2) is 29.2 Å². The number of aliphatic hydroxyl groups is 1. The lowest BCUT2D eigenvalue weighted by molar-refractivity contribution is 0.208. The van der Waals surface area contributed by atoms with Gasteiger partial charge in [-0.15, -0.1) is 0 Å². The van der Waals surface area contributed by atoms with Crippen molar-refractivity contribution >= 4 is 0 Å². The summed E-state index contributed by atoms with van der Waals surface area (Å²) in [4.78, 5) is 2.28. The van der Waals surface area contributed by atoms with Crippen molar-refractivity contribution in [3.63, 3.8) is 0 Å². The lowest BCUT2D eigenvalue weighted by atomic mass is 10.1. The highest BCUT2D eigenvalue weighted by Gasteiger charge is 2.24. The molecule has 0 spiro atoms. The molecule has 3 nitrogen and oxygen atoms in total. The van der Waals surface area contributed by atoms with Crippen molar-refractivity contribution in [2.45, 2.75) is 38.3 Å². The number of nitrogens with zero attached hydrogens (tertiary/aromatic N) is 2. The zero-order valence-electron chi connectivity index (χ0n) is 11.0. The van der Waals surface area contributed by atoms with Gasteiger partial charge in [0.15, 0.2) is 0 Å². The molecule has 1 aromatic rings. The summed E-state index contributed by atoms with van der Waals surface area (Å²) in [5.74, 6) is -0.299. The largest absolute Gasteiger partial charge is 0.396 e. The first-order chi connectivity index (χ1) is 9.24. The van der Waals surface area contributed by atoms with E-state index in [1.54, 1.807) is 12.1 Å². The van der Waals surface area contributed by atoms with Crippen LogP contribution in [0.15, 0.2) is 18.2 Å². The molecule has 4 heteroatoms. The highest BCUT2D eigenvalue weighted by molar-refractivity contribution is 5.32. The normalized spacial score (nSPS) is 19.5. The maximum absolute atomic E-state index is 13.9. The number of hydrogen-bond acceptors (Lipinski definition) is 3. The molecule has 19 heavy (non-hydrogen) atoms. The predicted octanol–water partition coefficient (Wildman–Crippen LogP) is 2.43. The number of halogens is 1. The van der Waals surface area contributed by atoms with Crippen LogP contribution in [0.1, 0.15) is 36.8 Å². The third kappa shape index (κ3) is 3.52. The molecule has 1 heterocycles. The summed E-state index contributed by atoms with van der Waals surface area (Å²) in [6.45, 7) is 1.79. The molecule has 102 valence electrons. The quantitative estimate of drug-likeness (QED) is 0.886. The van der Waals surface area contributed by atoms with Gasteiger partial charge in [-0.2, -0.15) is 5.26 Å². The van der Waals surface area contributed by atoms with Crippen molar-refractivity contribution in [3.8, 4) is 6.07 Å². The lowest BCUT2D eigenvalue weighted by Crippen LogP contribution is -2.29. The second kappa shape index (κ2) is 6.65. The van der Waals surface area contributed by atoms with Crippen molar-refractivity contribution in [2.24, 2.45) is 0 Å². The molecule has 0 aromatic heterocycles. The number of hydrogen-bond donors (Lipinski definition) is 1. The molecule has 1 atom stereocenters. The summed E-state index contributed by atoms with van der Waals surface area (Å²) in [5.41, 5.74) is 1.01. The molecule has 0 bridgehead atoms. The number of nitriles is 1. The van der Waals surface area contributed by atoms with Crippen molar-refractivity contribution in [1.29, 1.82) is 5.26 Å². The Hall–Kier alpha value is -1.44. The summed E-state index contributed by atoms with van der Waals surface area (Å²) >= 11 is 0. The number of benzene rings is 1. The molecule has 1 saturated heterocycles. The minimum Gasteiger partial charge on any atom is -0.396 e. The van der Waals surface area contributed by atoms with Gasteiger partial charge in [-0.05, 0) is 44.4 Å². The Balaban J connectivity index is 2.02. The molecular formula is C15H19FN2O. The van der Waals surface area contributed by atoms with Crippen LogP contribution in [0.2, 0.25) is 0 Å². The zero-order chi connectivity index (χ0) is 13.7. The van der Waals surface area contributed by atoms with Gasteiger partial charge in [-0.25, -0.2) is 4.39 Å². The summed E-state index contributed by atoms with van der Waals surface area (Å²) in [6.07, 6.45) is 4.03. The van der Waals surface area contributed by atoms with E-state index >= 15 is 0 Å². The molecular weight excluding hydrogens is 243 g/mol. The van der Waals surface area contributed by atoms with E-state index in [4.69, 9.17) is 10.4 Å². The van der Waals surface area contributed by atoms with Crippen LogP contribution < -0.4 is 0 Å². The van der Waals surface area contributed by atoms with Crippen LogP contribution in [0.4, 0.5) is 4.39 Å². The summed E-state index contributed by atoms with van der Waals surface area (Å²) in [7, 11) is 0. The third-order valence-corrected chi connectivity index (χ3v) is 3.75. The smallest absolute Gasteiger partial charge is 0.129 e. The van der Waals surface area contributed by atoms with Gasteiger partial charge >= 0.3 is 0 Å². The monoisotopic (exact) mass is 262 g/mol. The first-order valence-corrected chi connectivity index (χ1v) is 6.78. The fourth-order valence-electron chi connectivity index (χ4n) is 2.72. The average Bonchev–Trinajstić information content (AvgIpc) is 2.86. The zero-order valence-corrected chi connectivity index (χ0v) is 11.0. The molecule has 1 N–H and O–H groups in total. The van der Waals surface area contributed by atoms with Crippen LogP contribution in [0.25, 0.3) is 0 Å². The van der Waals surface area contributed by atoms with Crippen LogP contribution in [0.3, 0.4) is 0 Å². The molecule has 1 aliphatic heterocycles. The Bertz CT molecular complexity index is 470. The Morgan fingerprint density at radius 1 is 1.47 bits per heavy atom. The van der Waals surface area contributed by atoms with Crippen molar-refractivity contribution in [1.82, 2.24) is 4.90 Å². The molecule has 2 rings (SSSR count). The third-order valence-electron chi connectivity index (χ3n) is 3.75. The summed E-state index contributed by atoms with van der Waals surface area (Å²) in [5, 5.41) is 17.6. The molecule has 1 aromatic carbocycles. The SMILES string of the molecule is N#Cc1ccc(CN2CCCC2CCCO)c(F)c1. The highest BCUT2D eigenvalue weighted by atomic mass is 19.1. The van der Waals surface area contributed by atoms with Gasteiger partial charge in [0.1, 0.15) is 5.82 Å². The minimum absolute atomic E-state index is 0.218. The van der Waals surface area contributed by atoms with Gasteiger partial charge in [0, 0.05) is 24.8 Å². The number of aliphatic hydroxyl groups excluding tert-OH is 1. The Labute approximate surface area is 113 Å². The second-order valence-corrected chi connectivity index (χ2v) is 5.05. The van der Waals surface area contributed by atoms with Gasteiger partial charge in [0.2, 0.25) is 0 Å². The van der Waals surface area contributed by atoms with E-state index in [1.165, 1.54) is 6.07 Å². The molecule has 0 aliphatic carbocycles. The van der Waals surface area contributed by atoms with Gasteiger partial charge in [0.25, 0.3) is 0 Å². The lowest BCUT2D eigenvalue weighted by Gasteiger charge is -2.24. The summed E-state index contributed by atoms with van der Waals surface area (Å²) in [6, 6.07) is 7.06. The molecule has 0 radical (unpaired) electrons. The van der Waals surface area contributed by atoms with Gasteiger partial charge < -0.3 is 5.11 Å². The van der Waals surface area contributed by atoms with Crippen molar-refractivity contribution < 1.29 is 9.50 Å². The van der Waals surface area contributed by atoms with Gasteiger partial charge in [0.05, 0.1) is 11.6 Å². The fourth-order valence-corrected chi connectivity index (χ4v) is 2.72. The standard InChI is InChI=1S/C15H19FN2O/c16-15-9-12(10-17)5-6-13(15)11-18-7-1-3-14(18)4-2-8-19/h5-6,9,14,19H,1-4,7-8,11H2. The fraction of sp³-hybridized carbons (Fsp3) is 0.533.